The molecule has 0 saturated carbocycles. The molecular formula is C20H18O6. The number of benzene rings is 2. The van der Waals surface area contributed by atoms with Crippen LogP contribution in [0.2, 0.25) is 0 Å². The van der Waals surface area contributed by atoms with Crippen LogP contribution in [0.3, 0.4) is 0 Å². The standard InChI is InChI=1S/C20H18O6/c1-12-19(14-6-4-5-7-16(14)23-2)20(22)15-9-8-13(10-17(15)26-12)25-11-18(21)24-3/h4-10H,11H2,1-3H3. The molecule has 0 spiro atoms. The van der Waals surface area contributed by atoms with Crippen LogP contribution in [0.1, 0.15) is 5.76 Å². The first-order valence-corrected chi connectivity index (χ1v) is 7.95. The van der Waals surface area contributed by atoms with Crippen LogP contribution in [0, 0.1) is 6.92 Å². The molecule has 2 aromatic carbocycles. The number of hydrogen-bond acceptors (Lipinski definition) is 6. The quantitative estimate of drug-likeness (QED) is 0.654. The Morgan fingerprint density at radius 2 is 1.88 bits per heavy atom. The highest BCUT2D eigenvalue weighted by molar-refractivity contribution is 5.85. The van der Waals surface area contributed by atoms with Gasteiger partial charge in [0.05, 0.1) is 25.2 Å². The van der Waals surface area contributed by atoms with Crippen LogP contribution in [-0.4, -0.2) is 26.8 Å². The van der Waals surface area contributed by atoms with Crippen molar-refractivity contribution in [2.45, 2.75) is 6.92 Å². The van der Waals surface area contributed by atoms with Gasteiger partial charge in [0.2, 0.25) is 5.43 Å². The van der Waals surface area contributed by atoms with Crippen LogP contribution < -0.4 is 14.9 Å². The summed E-state index contributed by atoms with van der Waals surface area (Å²) in [5.41, 5.74) is 1.36. The van der Waals surface area contributed by atoms with E-state index in [0.29, 0.717) is 39.4 Å². The molecule has 26 heavy (non-hydrogen) atoms. The molecule has 6 nitrogen and oxygen atoms in total. The molecule has 0 aliphatic heterocycles. The van der Waals surface area contributed by atoms with Gasteiger partial charge in [-0.3, -0.25) is 4.79 Å². The second kappa shape index (κ2) is 7.31. The highest BCUT2D eigenvalue weighted by Gasteiger charge is 2.17. The molecule has 134 valence electrons. The van der Waals surface area contributed by atoms with Crippen LogP contribution in [0.25, 0.3) is 22.1 Å². The number of esters is 1. The zero-order valence-electron chi connectivity index (χ0n) is 14.7. The normalized spacial score (nSPS) is 10.6. The first kappa shape index (κ1) is 17.5. The van der Waals surface area contributed by atoms with Crippen molar-refractivity contribution in [1.29, 1.82) is 0 Å². The third kappa shape index (κ3) is 3.26. The number of rotatable bonds is 5. The summed E-state index contributed by atoms with van der Waals surface area (Å²) >= 11 is 0. The van der Waals surface area contributed by atoms with Gasteiger partial charge in [0.1, 0.15) is 22.8 Å². The van der Waals surface area contributed by atoms with Gasteiger partial charge < -0.3 is 18.6 Å². The Labute approximate surface area is 149 Å². The second-order valence-corrected chi connectivity index (χ2v) is 5.59. The Kier molecular flexibility index (Phi) is 4.93. The Bertz CT molecular complexity index is 1020. The summed E-state index contributed by atoms with van der Waals surface area (Å²) in [6, 6.07) is 12.1. The highest BCUT2D eigenvalue weighted by Crippen LogP contribution is 2.32. The first-order chi connectivity index (χ1) is 12.5. The van der Waals surface area contributed by atoms with E-state index >= 15 is 0 Å². The third-order valence-corrected chi connectivity index (χ3v) is 4.00. The lowest BCUT2D eigenvalue weighted by Crippen LogP contribution is -2.13. The molecule has 0 radical (unpaired) electrons. The molecule has 0 aliphatic carbocycles. The smallest absolute Gasteiger partial charge is 0.343 e. The van der Waals surface area contributed by atoms with Crippen LogP contribution in [0.4, 0.5) is 0 Å². The first-order valence-electron chi connectivity index (χ1n) is 7.95. The van der Waals surface area contributed by atoms with Gasteiger partial charge in [-0.25, -0.2) is 4.79 Å². The number of para-hydroxylation sites is 1. The molecule has 3 aromatic rings. The molecule has 0 unspecified atom stereocenters. The Morgan fingerprint density at radius 1 is 1.12 bits per heavy atom. The van der Waals surface area contributed by atoms with E-state index in [2.05, 4.69) is 4.74 Å². The minimum absolute atomic E-state index is 0.159. The van der Waals surface area contributed by atoms with Crippen LogP contribution in [0.15, 0.2) is 51.7 Å². The Hall–Kier alpha value is -3.28. The van der Waals surface area contributed by atoms with Gasteiger partial charge in [-0.2, -0.15) is 0 Å². The number of methoxy groups -OCH3 is 2. The SMILES string of the molecule is COC(=O)COc1ccc2c(=O)c(-c3ccccc3OC)c(C)oc2c1. The molecule has 3 rings (SSSR count). The van der Waals surface area contributed by atoms with E-state index in [4.69, 9.17) is 13.9 Å². The monoisotopic (exact) mass is 354 g/mol. The van der Waals surface area contributed by atoms with Crippen molar-refractivity contribution in [3.05, 3.63) is 58.4 Å². The highest BCUT2D eigenvalue weighted by atomic mass is 16.6. The Balaban J connectivity index is 2.09. The fourth-order valence-electron chi connectivity index (χ4n) is 2.74. The number of carbonyl (C=O) groups excluding carboxylic acids is 1. The molecule has 0 N–H and O–H groups in total. The lowest BCUT2D eigenvalue weighted by atomic mass is 10.0. The second-order valence-electron chi connectivity index (χ2n) is 5.59. The summed E-state index contributed by atoms with van der Waals surface area (Å²) in [7, 11) is 2.84. The van der Waals surface area contributed by atoms with Crippen molar-refractivity contribution in [1.82, 2.24) is 0 Å². The number of aryl methyl sites for hydroxylation is 1. The average Bonchev–Trinajstić information content (AvgIpc) is 2.66. The van der Waals surface area contributed by atoms with E-state index in [1.165, 1.54) is 7.11 Å². The third-order valence-electron chi connectivity index (χ3n) is 4.00. The Morgan fingerprint density at radius 3 is 2.62 bits per heavy atom. The van der Waals surface area contributed by atoms with Crippen molar-refractivity contribution >= 4 is 16.9 Å². The maximum atomic E-state index is 13.0. The van der Waals surface area contributed by atoms with Crippen molar-refractivity contribution in [2.24, 2.45) is 0 Å². The number of hydrogen-bond donors (Lipinski definition) is 0. The molecular weight excluding hydrogens is 336 g/mol. The van der Waals surface area contributed by atoms with Crippen molar-refractivity contribution < 1.29 is 23.4 Å². The summed E-state index contributed by atoms with van der Waals surface area (Å²) in [4.78, 5) is 24.2. The van der Waals surface area contributed by atoms with Crippen molar-refractivity contribution in [2.75, 3.05) is 20.8 Å². The van der Waals surface area contributed by atoms with Gasteiger partial charge in [-0.05, 0) is 25.1 Å². The summed E-state index contributed by atoms with van der Waals surface area (Å²) < 4.78 is 21.1. The topological polar surface area (TPSA) is 75.0 Å². The maximum absolute atomic E-state index is 13.0. The lowest BCUT2D eigenvalue weighted by molar-refractivity contribution is -0.142. The van der Waals surface area contributed by atoms with Gasteiger partial charge in [-0.15, -0.1) is 0 Å². The largest absolute Gasteiger partial charge is 0.496 e. The van der Waals surface area contributed by atoms with Gasteiger partial charge >= 0.3 is 5.97 Å². The van der Waals surface area contributed by atoms with Crippen molar-refractivity contribution in [3.8, 4) is 22.6 Å². The number of carbonyl (C=O) groups is 1. The van der Waals surface area contributed by atoms with Crippen molar-refractivity contribution in [3.63, 3.8) is 0 Å². The molecule has 0 aliphatic rings. The molecule has 6 heteroatoms. The summed E-state index contributed by atoms with van der Waals surface area (Å²) in [5, 5.41) is 0.418. The summed E-state index contributed by atoms with van der Waals surface area (Å²) in [6.07, 6.45) is 0. The fourth-order valence-corrected chi connectivity index (χ4v) is 2.74. The van der Waals surface area contributed by atoms with E-state index in [1.54, 1.807) is 38.3 Å². The molecule has 0 fully saturated rings. The van der Waals surface area contributed by atoms with Crippen LogP contribution in [-0.2, 0) is 9.53 Å². The minimum atomic E-state index is -0.491. The van der Waals surface area contributed by atoms with E-state index < -0.39 is 5.97 Å². The number of ether oxygens (including phenoxy) is 3. The van der Waals surface area contributed by atoms with E-state index in [0.717, 1.165) is 0 Å². The molecule has 1 heterocycles. The van der Waals surface area contributed by atoms with E-state index in [-0.39, 0.29) is 12.0 Å². The van der Waals surface area contributed by atoms with Crippen LogP contribution in [0.5, 0.6) is 11.5 Å². The van der Waals surface area contributed by atoms with E-state index in [1.807, 2.05) is 18.2 Å². The molecule has 0 saturated heterocycles. The average molecular weight is 354 g/mol. The predicted octanol–water partition coefficient (Wildman–Crippen LogP) is 3.33. The predicted molar refractivity (Wildman–Crippen MR) is 96.7 cm³/mol. The molecule has 0 atom stereocenters. The molecule has 0 amide bonds. The zero-order valence-corrected chi connectivity index (χ0v) is 14.7. The fraction of sp³-hybridized carbons (Fsp3) is 0.200. The molecule has 1 aromatic heterocycles. The van der Waals surface area contributed by atoms with E-state index in [9.17, 15) is 9.59 Å². The molecule has 0 bridgehead atoms. The van der Waals surface area contributed by atoms with Crippen LogP contribution >= 0.6 is 0 Å². The lowest BCUT2D eigenvalue weighted by Gasteiger charge is -2.11. The minimum Gasteiger partial charge on any atom is -0.496 e. The summed E-state index contributed by atoms with van der Waals surface area (Å²) in [5.74, 6) is 0.988. The maximum Gasteiger partial charge on any atom is 0.343 e. The van der Waals surface area contributed by atoms with Gasteiger partial charge in [-0.1, -0.05) is 18.2 Å². The van der Waals surface area contributed by atoms with Gasteiger partial charge in [0.25, 0.3) is 0 Å². The zero-order chi connectivity index (χ0) is 18.7. The number of fused-ring (bicyclic) bond motifs is 1. The van der Waals surface area contributed by atoms with Gasteiger partial charge in [0.15, 0.2) is 6.61 Å². The summed E-state index contributed by atoms with van der Waals surface area (Å²) in [6.45, 7) is 1.51. The van der Waals surface area contributed by atoms with Gasteiger partial charge in [0, 0.05) is 11.6 Å².